The van der Waals surface area contributed by atoms with Gasteiger partial charge in [0.05, 0.1) is 6.61 Å². The summed E-state index contributed by atoms with van der Waals surface area (Å²) < 4.78 is 5.61. The van der Waals surface area contributed by atoms with Crippen LogP contribution in [0.4, 0.5) is 0 Å². The Kier molecular flexibility index (Phi) is 2.98. The SMILES string of the molecule is CN1CCO[C@@](C)(C(=O)NC2CCC2)C1. The van der Waals surface area contributed by atoms with Gasteiger partial charge in [-0.15, -0.1) is 0 Å². The molecule has 1 saturated heterocycles. The van der Waals surface area contributed by atoms with Gasteiger partial charge in [0.25, 0.3) is 5.91 Å². The Balaban J connectivity index is 1.91. The summed E-state index contributed by atoms with van der Waals surface area (Å²) in [7, 11) is 2.03. The minimum absolute atomic E-state index is 0.0544. The predicted octanol–water partition coefficient (Wildman–Crippen LogP) is 0.376. The molecule has 0 aromatic heterocycles. The Morgan fingerprint density at radius 1 is 1.53 bits per heavy atom. The summed E-state index contributed by atoms with van der Waals surface area (Å²) in [6, 6.07) is 0.394. The first-order chi connectivity index (χ1) is 7.10. The van der Waals surface area contributed by atoms with Crippen LogP contribution >= 0.6 is 0 Å². The molecular weight excluding hydrogens is 192 g/mol. The summed E-state index contributed by atoms with van der Waals surface area (Å²) in [6.45, 7) is 4.12. The second-order valence-corrected chi connectivity index (χ2v) is 4.92. The van der Waals surface area contributed by atoms with Crippen LogP contribution in [0.2, 0.25) is 0 Å². The molecule has 0 bridgehead atoms. The fourth-order valence-corrected chi connectivity index (χ4v) is 2.09. The average molecular weight is 212 g/mol. The van der Waals surface area contributed by atoms with E-state index in [1.165, 1.54) is 6.42 Å². The van der Waals surface area contributed by atoms with Crippen molar-refractivity contribution in [3.63, 3.8) is 0 Å². The standard InChI is InChI=1S/C11H20N2O2/c1-11(8-13(2)6-7-15-11)10(14)12-9-4-3-5-9/h9H,3-8H2,1-2H3,(H,12,14)/t11-/m1/s1. The molecule has 4 nitrogen and oxygen atoms in total. The van der Waals surface area contributed by atoms with E-state index in [0.717, 1.165) is 19.4 Å². The Morgan fingerprint density at radius 3 is 2.80 bits per heavy atom. The van der Waals surface area contributed by atoms with Gasteiger partial charge >= 0.3 is 0 Å². The molecule has 0 radical (unpaired) electrons. The molecule has 86 valence electrons. The molecule has 1 aliphatic carbocycles. The maximum atomic E-state index is 12.0. The van der Waals surface area contributed by atoms with Crippen LogP contribution < -0.4 is 5.32 Å². The van der Waals surface area contributed by atoms with E-state index in [4.69, 9.17) is 4.74 Å². The van der Waals surface area contributed by atoms with Gasteiger partial charge in [-0.2, -0.15) is 0 Å². The molecule has 1 N–H and O–H groups in total. The minimum Gasteiger partial charge on any atom is -0.363 e. The van der Waals surface area contributed by atoms with Crippen LogP contribution in [-0.2, 0) is 9.53 Å². The van der Waals surface area contributed by atoms with Crippen molar-refractivity contribution < 1.29 is 9.53 Å². The van der Waals surface area contributed by atoms with Gasteiger partial charge in [0.2, 0.25) is 0 Å². The van der Waals surface area contributed by atoms with Crippen LogP contribution in [0.5, 0.6) is 0 Å². The maximum Gasteiger partial charge on any atom is 0.253 e. The molecule has 1 amide bonds. The predicted molar refractivity (Wildman–Crippen MR) is 57.6 cm³/mol. The van der Waals surface area contributed by atoms with Crippen molar-refractivity contribution in [2.45, 2.75) is 37.8 Å². The molecular formula is C11H20N2O2. The van der Waals surface area contributed by atoms with E-state index >= 15 is 0 Å². The van der Waals surface area contributed by atoms with Gasteiger partial charge in [-0.3, -0.25) is 4.79 Å². The van der Waals surface area contributed by atoms with E-state index in [1.807, 2.05) is 14.0 Å². The van der Waals surface area contributed by atoms with Gasteiger partial charge in [0.1, 0.15) is 0 Å². The lowest BCUT2D eigenvalue weighted by atomic mass is 9.92. The zero-order chi connectivity index (χ0) is 10.9. The highest BCUT2D eigenvalue weighted by Crippen LogP contribution is 2.21. The van der Waals surface area contributed by atoms with Crippen LogP contribution in [0.3, 0.4) is 0 Å². The maximum absolute atomic E-state index is 12.0. The third kappa shape index (κ3) is 2.32. The third-order valence-corrected chi connectivity index (χ3v) is 3.39. The van der Waals surface area contributed by atoms with Crippen LogP contribution in [0, 0.1) is 0 Å². The van der Waals surface area contributed by atoms with E-state index in [9.17, 15) is 4.79 Å². The summed E-state index contributed by atoms with van der Waals surface area (Å²) in [5, 5.41) is 3.06. The fourth-order valence-electron chi connectivity index (χ4n) is 2.09. The Bertz CT molecular complexity index is 253. The van der Waals surface area contributed by atoms with Crippen molar-refractivity contribution in [1.29, 1.82) is 0 Å². The summed E-state index contributed by atoms with van der Waals surface area (Å²) >= 11 is 0. The topological polar surface area (TPSA) is 41.6 Å². The number of likely N-dealkylation sites (N-methyl/N-ethyl adjacent to an activating group) is 1. The zero-order valence-corrected chi connectivity index (χ0v) is 9.58. The highest BCUT2D eigenvalue weighted by Gasteiger charge is 2.39. The van der Waals surface area contributed by atoms with Crippen molar-refractivity contribution >= 4 is 5.91 Å². The van der Waals surface area contributed by atoms with Gasteiger partial charge in [-0.1, -0.05) is 0 Å². The number of hydrogen-bond donors (Lipinski definition) is 1. The first-order valence-electron chi connectivity index (χ1n) is 5.74. The first kappa shape index (κ1) is 10.9. The summed E-state index contributed by atoms with van der Waals surface area (Å²) in [5.41, 5.74) is -0.650. The Hall–Kier alpha value is -0.610. The quantitative estimate of drug-likeness (QED) is 0.719. The number of hydrogen-bond acceptors (Lipinski definition) is 3. The molecule has 0 aromatic rings. The van der Waals surface area contributed by atoms with E-state index in [0.29, 0.717) is 19.2 Å². The molecule has 0 unspecified atom stereocenters. The summed E-state index contributed by atoms with van der Waals surface area (Å²) in [5.74, 6) is 0.0544. The minimum atomic E-state index is -0.650. The lowest BCUT2D eigenvalue weighted by Gasteiger charge is -2.39. The van der Waals surface area contributed by atoms with Gasteiger partial charge in [-0.25, -0.2) is 0 Å². The third-order valence-electron chi connectivity index (χ3n) is 3.39. The molecule has 1 aliphatic heterocycles. The highest BCUT2D eigenvalue weighted by molar-refractivity contribution is 5.85. The van der Waals surface area contributed by atoms with Crippen LogP contribution in [-0.4, -0.2) is 49.2 Å². The zero-order valence-electron chi connectivity index (χ0n) is 9.58. The van der Waals surface area contributed by atoms with E-state index in [-0.39, 0.29) is 5.91 Å². The van der Waals surface area contributed by atoms with Crippen molar-refractivity contribution in [1.82, 2.24) is 10.2 Å². The molecule has 1 saturated carbocycles. The number of amides is 1. The van der Waals surface area contributed by atoms with Crippen molar-refractivity contribution in [3.05, 3.63) is 0 Å². The molecule has 1 heterocycles. The average Bonchev–Trinajstić information content (AvgIpc) is 2.10. The number of carbonyl (C=O) groups is 1. The number of nitrogens with one attached hydrogen (secondary N) is 1. The second kappa shape index (κ2) is 4.10. The molecule has 2 fully saturated rings. The largest absolute Gasteiger partial charge is 0.363 e. The summed E-state index contributed by atoms with van der Waals surface area (Å²) in [6.07, 6.45) is 3.48. The number of carbonyl (C=O) groups excluding carboxylic acids is 1. The number of morpholine rings is 1. The molecule has 1 atom stereocenters. The van der Waals surface area contributed by atoms with Gasteiger partial charge in [0, 0.05) is 19.1 Å². The van der Waals surface area contributed by atoms with Crippen molar-refractivity contribution in [2.75, 3.05) is 26.7 Å². The van der Waals surface area contributed by atoms with E-state index in [2.05, 4.69) is 10.2 Å². The molecule has 0 spiro atoms. The molecule has 2 aliphatic rings. The molecule has 2 rings (SSSR count). The smallest absolute Gasteiger partial charge is 0.253 e. The number of rotatable bonds is 2. The number of nitrogens with zero attached hydrogens (tertiary/aromatic N) is 1. The Morgan fingerprint density at radius 2 is 2.27 bits per heavy atom. The van der Waals surface area contributed by atoms with Crippen molar-refractivity contribution in [2.24, 2.45) is 0 Å². The molecule has 15 heavy (non-hydrogen) atoms. The van der Waals surface area contributed by atoms with Gasteiger partial charge in [-0.05, 0) is 33.2 Å². The lowest BCUT2D eigenvalue weighted by Crippen LogP contribution is -2.59. The normalized spacial score (nSPS) is 33.5. The monoisotopic (exact) mass is 212 g/mol. The first-order valence-corrected chi connectivity index (χ1v) is 5.74. The molecule has 4 heteroatoms. The fraction of sp³-hybridized carbons (Fsp3) is 0.909. The molecule has 0 aromatic carbocycles. The van der Waals surface area contributed by atoms with Crippen molar-refractivity contribution in [3.8, 4) is 0 Å². The highest BCUT2D eigenvalue weighted by atomic mass is 16.5. The summed E-state index contributed by atoms with van der Waals surface area (Å²) in [4.78, 5) is 14.1. The van der Waals surface area contributed by atoms with Crippen LogP contribution in [0.25, 0.3) is 0 Å². The number of ether oxygens (including phenoxy) is 1. The Labute approximate surface area is 91.0 Å². The lowest BCUT2D eigenvalue weighted by molar-refractivity contribution is -0.156. The van der Waals surface area contributed by atoms with E-state index < -0.39 is 5.60 Å². The van der Waals surface area contributed by atoms with Gasteiger partial charge in [0.15, 0.2) is 5.60 Å². The van der Waals surface area contributed by atoms with Gasteiger partial charge < -0.3 is 15.0 Å². The van der Waals surface area contributed by atoms with Crippen LogP contribution in [0.15, 0.2) is 0 Å². The van der Waals surface area contributed by atoms with E-state index in [1.54, 1.807) is 0 Å². The second-order valence-electron chi connectivity index (χ2n) is 4.92. The van der Waals surface area contributed by atoms with Crippen LogP contribution in [0.1, 0.15) is 26.2 Å².